The Labute approximate surface area is 184 Å². The lowest BCUT2D eigenvalue weighted by Gasteiger charge is -2.61. The maximum absolute atomic E-state index is 13.0. The zero-order chi connectivity index (χ0) is 22.2. The Balaban J connectivity index is 1.47. The molecule has 2 aliphatic heterocycles. The zero-order valence-corrected chi connectivity index (χ0v) is 18.7. The highest BCUT2D eigenvalue weighted by Gasteiger charge is 2.54. The first-order valence-corrected chi connectivity index (χ1v) is 11.2. The molecule has 5 heteroatoms. The summed E-state index contributed by atoms with van der Waals surface area (Å²) < 4.78 is 0. The van der Waals surface area contributed by atoms with Crippen molar-refractivity contribution < 1.29 is 14.7 Å². The van der Waals surface area contributed by atoms with Gasteiger partial charge < -0.3 is 10.0 Å². The predicted octanol–water partition coefficient (Wildman–Crippen LogP) is 4.53. The number of likely N-dealkylation sites (tertiary alicyclic amines) is 2. The second-order valence-electron chi connectivity index (χ2n) is 9.61. The summed E-state index contributed by atoms with van der Waals surface area (Å²) in [4.78, 5) is 29.0. The van der Waals surface area contributed by atoms with Gasteiger partial charge in [0.2, 0.25) is 0 Å². The number of rotatable bonds is 5. The number of piperidine rings is 1. The molecule has 2 heterocycles. The average molecular weight is 421 g/mol. The lowest BCUT2D eigenvalue weighted by molar-refractivity contribution is -0.112. The Morgan fingerprint density at radius 1 is 1.00 bits per heavy atom. The van der Waals surface area contributed by atoms with Crippen LogP contribution in [-0.4, -0.2) is 52.8 Å². The van der Waals surface area contributed by atoms with Crippen LogP contribution in [0.2, 0.25) is 0 Å². The highest BCUT2D eigenvalue weighted by atomic mass is 16.3. The third-order valence-electron chi connectivity index (χ3n) is 6.86. The largest absolute Gasteiger partial charge is 0.508 e. The summed E-state index contributed by atoms with van der Waals surface area (Å²) in [6, 6.07) is 15.0. The zero-order valence-electron chi connectivity index (χ0n) is 18.7. The Bertz CT molecular complexity index is 942. The van der Waals surface area contributed by atoms with Gasteiger partial charge in [0.1, 0.15) is 5.75 Å². The van der Waals surface area contributed by atoms with Gasteiger partial charge in [0, 0.05) is 48.8 Å². The van der Waals surface area contributed by atoms with Crippen molar-refractivity contribution in [3.8, 4) is 5.75 Å². The van der Waals surface area contributed by atoms with Crippen LogP contribution in [0.25, 0.3) is 0 Å². The van der Waals surface area contributed by atoms with Gasteiger partial charge in [0.25, 0.3) is 5.91 Å². The van der Waals surface area contributed by atoms with Crippen LogP contribution in [-0.2, 0) is 0 Å². The average Bonchev–Trinajstić information content (AvgIpc) is 2.74. The summed E-state index contributed by atoms with van der Waals surface area (Å²) in [6.07, 6.45) is 1.95. The Morgan fingerprint density at radius 2 is 1.58 bits per heavy atom. The molecular weight excluding hydrogens is 388 g/mol. The standard InChI is InChI=1S/C26H32N2O3/c1-18(2)16-28-17-26(24(28)21-8-10-23(30)11-9-21)12-14-27(15-13-26)25(31)22-6-4-20(5-7-22)19(3)29/h4-11,18,24,30H,12-17H2,1-3H3. The van der Waals surface area contributed by atoms with E-state index in [2.05, 4.69) is 18.7 Å². The fraction of sp³-hybridized carbons (Fsp3) is 0.462. The fourth-order valence-corrected chi connectivity index (χ4v) is 5.33. The molecule has 1 amide bonds. The third kappa shape index (κ3) is 4.24. The van der Waals surface area contributed by atoms with Crippen molar-refractivity contribution in [2.24, 2.45) is 11.3 Å². The summed E-state index contributed by atoms with van der Waals surface area (Å²) in [6.45, 7) is 9.64. The van der Waals surface area contributed by atoms with Crippen molar-refractivity contribution in [3.05, 3.63) is 65.2 Å². The molecular formula is C26H32N2O3. The van der Waals surface area contributed by atoms with E-state index < -0.39 is 0 Å². The number of phenols is 1. The van der Waals surface area contributed by atoms with Gasteiger partial charge in [0.15, 0.2) is 5.78 Å². The molecule has 1 atom stereocenters. The van der Waals surface area contributed by atoms with Gasteiger partial charge in [-0.05, 0) is 55.5 Å². The molecule has 5 nitrogen and oxygen atoms in total. The minimum absolute atomic E-state index is 0.00937. The van der Waals surface area contributed by atoms with Gasteiger partial charge in [-0.15, -0.1) is 0 Å². The normalized spacial score (nSPS) is 20.6. The molecule has 1 N–H and O–H groups in total. The number of carbonyl (C=O) groups excluding carboxylic acids is 2. The van der Waals surface area contributed by atoms with Crippen LogP contribution in [0.1, 0.15) is 65.9 Å². The van der Waals surface area contributed by atoms with E-state index in [1.807, 2.05) is 17.0 Å². The lowest BCUT2D eigenvalue weighted by atomic mass is 9.63. The third-order valence-corrected chi connectivity index (χ3v) is 6.86. The smallest absolute Gasteiger partial charge is 0.253 e. The highest BCUT2D eigenvalue weighted by Crippen LogP contribution is 2.55. The van der Waals surface area contributed by atoms with Crippen LogP contribution in [0.5, 0.6) is 5.75 Å². The van der Waals surface area contributed by atoms with E-state index in [0.717, 1.165) is 39.0 Å². The number of carbonyl (C=O) groups is 2. The van der Waals surface area contributed by atoms with Crippen molar-refractivity contribution in [3.63, 3.8) is 0 Å². The van der Waals surface area contributed by atoms with Crippen LogP contribution in [0.15, 0.2) is 48.5 Å². The van der Waals surface area contributed by atoms with E-state index in [4.69, 9.17) is 0 Å². The van der Waals surface area contributed by atoms with Crippen LogP contribution >= 0.6 is 0 Å². The summed E-state index contributed by atoms with van der Waals surface area (Å²) in [7, 11) is 0. The fourth-order valence-electron chi connectivity index (χ4n) is 5.33. The number of aromatic hydroxyl groups is 1. The van der Waals surface area contributed by atoms with Crippen LogP contribution < -0.4 is 0 Å². The number of hydrogen-bond donors (Lipinski definition) is 1. The quantitative estimate of drug-likeness (QED) is 0.722. The number of nitrogens with zero attached hydrogens (tertiary/aromatic N) is 2. The minimum atomic E-state index is 0.00937. The molecule has 2 aromatic rings. The second kappa shape index (κ2) is 8.46. The van der Waals surface area contributed by atoms with Crippen molar-refractivity contribution in [2.75, 3.05) is 26.2 Å². The first-order valence-electron chi connectivity index (χ1n) is 11.2. The van der Waals surface area contributed by atoms with E-state index in [1.165, 1.54) is 12.5 Å². The number of Topliss-reactive ketones (excluding diaryl/α,β-unsaturated/α-hetero) is 1. The molecule has 0 aliphatic carbocycles. The van der Waals surface area contributed by atoms with Gasteiger partial charge in [-0.1, -0.05) is 38.1 Å². The molecule has 0 bridgehead atoms. The van der Waals surface area contributed by atoms with E-state index >= 15 is 0 Å². The molecule has 164 valence electrons. The SMILES string of the molecule is CC(=O)c1ccc(C(=O)N2CCC3(CC2)CN(CC(C)C)C3c2ccc(O)cc2)cc1. The molecule has 2 aliphatic rings. The van der Waals surface area contributed by atoms with Crippen LogP contribution in [0.4, 0.5) is 0 Å². The van der Waals surface area contributed by atoms with E-state index in [0.29, 0.717) is 28.8 Å². The monoisotopic (exact) mass is 420 g/mol. The Kier molecular flexibility index (Phi) is 5.89. The maximum Gasteiger partial charge on any atom is 0.253 e. The number of phenolic OH excluding ortho intramolecular Hbond substituents is 1. The number of ketones is 1. The van der Waals surface area contributed by atoms with Crippen LogP contribution in [0.3, 0.4) is 0 Å². The molecule has 0 aromatic heterocycles. The molecule has 2 saturated heterocycles. The molecule has 2 fully saturated rings. The van der Waals surface area contributed by atoms with E-state index in [-0.39, 0.29) is 17.1 Å². The summed E-state index contributed by atoms with van der Waals surface area (Å²) in [5.41, 5.74) is 2.71. The molecule has 1 spiro atoms. The number of benzene rings is 2. The van der Waals surface area contributed by atoms with Gasteiger partial charge >= 0.3 is 0 Å². The van der Waals surface area contributed by atoms with Crippen molar-refractivity contribution in [2.45, 2.75) is 39.7 Å². The molecule has 0 radical (unpaired) electrons. The summed E-state index contributed by atoms with van der Waals surface area (Å²) in [5.74, 6) is 0.944. The number of hydrogen-bond acceptors (Lipinski definition) is 4. The first-order chi connectivity index (χ1) is 14.8. The lowest BCUT2D eigenvalue weighted by Crippen LogP contribution is -2.63. The topological polar surface area (TPSA) is 60.9 Å². The van der Waals surface area contributed by atoms with E-state index in [9.17, 15) is 14.7 Å². The van der Waals surface area contributed by atoms with Gasteiger partial charge in [0.05, 0.1) is 0 Å². The molecule has 2 aromatic carbocycles. The van der Waals surface area contributed by atoms with Gasteiger partial charge in [-0.2, -0.15) is 0 Å². The first kappa shape index (κ1) is 21.6. The van der Waals surface area contributed by atoms with Gasteiger partial charge in [-0.3, -0.25) is 14.5 Å². The summed E-state index contributed by atoms with van der Waals surface area (Å²) >= 11 is 0. The van der Waals surface area contributed by atoms with E-state index in [1.54, 1.807) is 36.4 Å². The minimum Gasteiger partial charge on any atom is -0.508 e. The molecule has 1 unspecified atom stereocenters. The molecule has 31 heavy (non-hydrogen) atoms. The Hall–Kier alpha value is -2.66. The molecule has 0 saturated carbocycles. The van der Waals surface area contributed by atoms with Gasteiger partial charge in [-0.25, -0.2) is 0 Å². The van der Waals surface area contributed by atoms with Crippen LogP contribution in [0, 0.1) is 11.3 Å². The number of amides is 1. The van der Waals surface area contributed by atoms with Crippen molar-refractivity contribution in [1.82, 2.24) is 9.80 Å². The predicted molar refractivity (Wildman–Crippen MR) is 121 cm³/mol. The molecule has 4 rings (SSSR count). The highest BCUT2D eigenvalue weighted by molar-refractivity contribution is 5.97. The van der Waals surface area contributed by atoms with Crippen molar-refractivity contribution >= 4 is 11.7 Å². The summed E-state index contributed by atoms with van der Waals surface area (Å²) in [5, 5.41) is 9.72. The Morgan fingerprint density at radius 3 is 2.13 bits per heavy atom. The second-order valence-corrected chi connectivity index (χ2v) is 9.61. The van der Waals surface area contributed by atoms with Crippen molar-refractivity contribution in [1.29, 1.82) is 0 Å². The maximum atomic E-state index is 13.0.